The molecular formula is C20H19NO. The maximum absolute atomic E-state index is 13.0. The molecule has 3 aromatic rings. The molecule has 110 valence electrons. The lowest BCUT2D eigenvalue weighted by Crippen LogP contribution is -2.19. The summed E-state index contributed by atoms with van der Waals surface area (Å²) in [4.78, 5) is 17.7. The molecule has 1 saturated carbocycles. The van der Waals surface area contributed by atoms with Crippen LogP contribution in [0.2, 0.25) is 0 Å². The molecule has 2 aromatic carbocycles. The van der Waals surface area contributed by atoms with Gasteiger partial charge in [-0.15, -0.1) is 0 Å². The number of Topliss-reactive ketones (excluding diaryl/α,β-unsaturated/α-hetero) is 1. The Bertz CT molecular complexity index is 847. The van der Waals surface area contributed by atoms with Gasteiger partial charge in [0.05, 0.1) is 5.52 Å². The van der Waals surface area contributed by atoms with Gasteiger partial charge in [-0.3, -0.25) is 4.79 Å². The molecule has 0 spiro atoms. The molecule has 0 atom stereocenters. The van der Waals surface area contributed by atoms with E-state index in [0.29, 0.717) is 5.69 Å². The predicted octanol–water partition coefficient (Wildman–Crippen LogP) is 5.15. The van der Waals surface area contributed by atoms with Crippen LogP contribution >= 0.6 is 0 Å². The minimum atomic E-state index is 0.158. The molecule has 1 aliphatic rings. The Morgan fingerprint density at radius 1 is 0.818 bits per heavy atom. The molecule has 0 bridgehead atoms. The Hall–Kier alpha value is -2.22. The minimum Gasteiger partial charge on any atom is -0.292 e. The van der Waals surface area contributed by atoms with Crippen LogP contribution in [0.3, 0.4) is 0 Å². The molecule has 0 amide bonds. The van der Waals surface area contributed by atoms with E-state index in [4.69, 9.17) is 4.98 Å². The molecule has 0 saturated heterocycles. The fourth-order valence-corrected chi connectivity index (χ4v) is 3.65. The summed E-state index contributed by atoms with van der Waals surface area (Å²) in [6.45, 7) is 0. The highest BCUT2D eigenvalue weighted by Crippen LogP contribution is 2.31. The first-order valence-corrected chi connectivity index (χ1v) is 8.16. The molecule has 2 nitrogen and oxygen atoms in total. The number of aromatic nitrogens is 1. The van der Waals surface area contributed by atoms with E-state index < -0.39 is 0 Å². The molecule has 0 unspecified atom stereocenters. The number of pyridine rings is 1. The van der Waals surface area contributed by atoms with Crippen molar-refractivity contribution in [3.05, 3.63) is 54.2 Å². The summed E-state index contributed by atoms with van der Waals surface area (Å²) in [6.07, 6.45) is 5.63. The summed E-state index contributed by atoms with van der Waals surface area (Å²) < 4.78 is 0. The number of benzene rings is 2. The molecule has 0 aliphatic heterocycles. The molecule has 0 N–H and O–H groups in total. The van der Waals surface area contributed by atoms with E-state index in [0.717, 1.165) is 34.5 Å². The van der Waals surface area contributed by atoms with Gasteiger partial charge in [0.25, 0.3) is 0 Å². The number of ketones is 1. The summed E-state index contributed by atoms with van der Waals surface area (Å²) in [5.41, 5.74) is 1.58. The smallest absolute Gasteiger partial charge is 0.184 e. The lowest BCUT2D eigenvalue weighted by atomic mass is 9.84. The summed E-state index contributed by atoms with van der Waals surface area (Å²) in [5.74, 6) is 0.396. The first-order valence-electron chi connectivity index (χ1n) is 8.16. The average Bonchev–Trinajstić information content (AvgIpc) is 2.61. The van der Waals surface area contributed by atoms with Gasteiger partial charge >= 0.3 is 0 Å². The van der Waals surface area contributed by atoms with Gasteiger partial charge in [0, 0.05) is 16.7 Å². The first-order chi connectivity index (χ1) is 10.8. The third-order valence-corrected chi connectivity index (χ3v) is 4.82. The number of fused-ring (bicyclic) bond motifs is 3. The SMILES string of the molecule is O=C(c1nc2ccccc2c2ccccc12)C1CCCCC1. The van der Waals surface area contributed by atoms with Gasteiger partial charge in [-0.05, 0) is 24.3 Å². The summed E-state index contributed by atoms with van der Waals surface area (Å²) in [7, 11) is 0. The van der Waals surface area contributed by atoms with Crippen molar-refractivity contribution >= 4 is 27.5 Å². The van der Waals surface area contributed by atoms with Crippen molar-refractivity contribution in [3.8, 4) is 0 Å². The van der Waals surface area contributed by atoms with Crippen molar-refractivity contribution in [2.24, 2.45) is 5.92 Å². The topological polar surface area (TPSA) is 30.0 Å². The molecule has 4 rings (SSSR count). The van der Waals surface area contributed by atoms with E-state index >= 15 is 0 Å². The highest BCUT2D eigenvalue weighted by molar-refractivity contribution is 6.15. The normalized spacial score (nSPS) is 16.2. The van der Waals surface area contributed by atoms with Crippen molar-refractivity contribution in [3.63, 3.8) is 0 Å². The number of para-hydroxylation sites is 1. The van der Waals surface area contributed by atoms with E-state index in [1.54, 1.807) is 0 Å². The molecule has 1 aromatic heterocycles. The van der Waals surface area contributed by atoms with Crippen LogP contribution in [-0.2, 0) is 0 Å². The molecule has 2 heteroatoms. The van der Waals surface area contributed by atoms with E-state index in [2.05, 4.69) is 12.1 Å². The number of hydrogen-bond donors (Lipinski definition) is 0. The van der Waals surface area contributed by atoms with Crippen molar-refractivity contribution < 1.29 is 4.79 Å². The molecule has 1 fully saturated rings. The Balaban J connectivity index is 1.93. The monoisotopic (exact) mass is 289 g/mol. The molecule has 1 heterocycles. The van der Waals surface area contributed by atoms with Gasteiger partial charge in [-0.25, -0.2) is 4.98 Å². The number of carbonyl (C=O) groups excluding carboxylic acids is 1. The van der Waals surface area contributed by atoms with Gasteiger partial charge in [-0.1, -0.05) is 61.7 Å². The van der Waals surface area contributed by atoms with Gasteiger partial charge in [0.2, 0.25) is 0 Å². The van der Waals surface area contributed by atoms with Crippen LogP contribution in [0.5, 0.6) is 0 Å². The third kappa shape index (κ3) is 2.19. The zero-order valence-corrected chi connectivity index (χ0v) is 12.6. The highest BCUT2D eigenvalue weighted by atomic mass is 16.1. The van der Waals surface area contributed by atoms with E-state index in [1.807, 2.05) is 36.4 Å². The van der Waals surface area contributed by atoms with Gasteiger partial charge in [0.15, 0.2) is 5.78 Å². The highest BCUT2D eigenvalue weighted by Gasteiger charge is 2.25. The van der Waals surface area contributed by atoms with Gasteiger partial charge in [-0.2, -0.15) is 0 Å². The number of rotatable bonds is 2. The van der Waals surface area contributed by atoms with Crippen LogP contribution < -0.4 is 0 Å². The third-order valence-electron chi connectivity index (χ3n) is 4.82. The predicted molar refractivity (Wildman–Crippen MR) is 90.2 cm³/mol. The molecule has 1 aliphatic carbocycles. The minimum absolute atomic E-state index is 0.158. The second-order valence-electron chi connectivity index (χ2n) is 6.22. The second kappa shape index (κ2) is 5.53. The maximum Gasteiger partial charge on any atom is 0.184 e. The van der Waals surface area contributed by atoms with Gasteiger partial charge in [0.1, 0.15) is 5.69 Å². The lowest BCUT2D eigenvalue weighted by molar-refractivity contribution is 0.0886. The Morgan fingerprint density at radius 2 is 1.45 bits per heavy atom. The van der Waals surface area contributed by atoms with Crippen molar-refractivity contribution in [2.45, 2.75) is 32.1 Å². The van der Waals surface area contributed by atoms with Gasteiger partial charge < -0.3 is 0 Å². The van der Waals surface area contributed by atoms with Crippen LogP contribution in [0.25, 0.3) is 21.7 Å². The quantitative estimate of drug-likeness (QED) is 0.482. The fourth-order valence-electron chi connectivity index (χ4n) is 3.65. The van der Waals surface area contributed by atoms with E-state index in [1.165, 1.54) is 19.3 Å². The Morgan fingerprint density at radius 3 is 2.23 bits per heavy atom. The average molecular weight is 289 g/mol. The zero-order valence-electron chi connectivity index (χ0n) is 12.6. The van der Waals surface area contributed by atoms with Crippen LogP contribution in [0.1, 0.15) is 42.6 Å². The number of hydrogen-bond acceptors (Lipinski definition) is 2. The number of carbonyl (C=O) groups is 1. The summed E-state index contributed by atoms with van der Waals surface area (Å²) in [5, 5.41) is 3.25. The van der Waals surface area contributed by atoms with Crippen LogP contribution in [0, 0.1) is 5.92 Å². The maximum atomic E-state index is 13.0. The number of nitrogens with zero attached hydrogens (tertiary/aromatic N) is 1. The standard InChI is InChI=1S/C20H19NO/c22-20(14-8-2-1-3-9-14)19-17-12-5-4-10-15(17)16-11-6-7-13-18(16)21-19/h4-7,10-14H,1-3,8-9H2. The second-order valence-corrected chi connectivity index (χ2v) is 6.22. The Labute approximate surface area is 130 Å². The van der Waals surface area contributed by atoms with Crippen LogP contribution in [-0.4, -0.2) is 10.8 Å². The van der Waals surface area contributed by atoms with Crippen LogP contribution in [0.4, 0.5) is 0 Å². The van der Waals surface area contributed by atoms with Crippen molar-refractivity contribution in [1.29, 1.82) is 0 Å². The molecule has 0 radical (unpaired) electrons. The van der Waals surface area contributed by atoms with E-state index in [-0.39, 0.29) is 11.7 Å². The lowest BCUT2D eigenvalue weighted by Gasteiger charge is -2.20. The van der Waals surface area contributed by atoms with E-state index in [9.17, 15) is 4.79 Å². The zero-order chi connectivity index (χ0) is 14.9. The van der Waals surface area contributed by atoms with Crippen LogP contribution in [0.15, 0.2) is 48.5 Å². The Kier molecular flexibility index (Phi) is 3.38. The summed E-state index contributed by atoms with van der Waals surface area (Å²) in [6, 6.07) is 16.2. The van der Waals surface area contributed by atoms with Crippen molar-refractivity contribution in [2.75, 3.05) is 0 Å². The first kappa shape index (κ1) is 13.4. The molecule has 22 heavy (non-hydrogen) atoms. The van der Waals surface area contributed by atoms with Crippen molar-refractivity contribution in [1.82, 2.24) is 4.98 Å². The fraction of sp³-hybridized carbons (Fsp3) is 0.300. The molecular weight excluding hydrogens is 270 g/mol. The largest absolute Gasteiger partial charge is 0.292 e. The summed E-state index contributed by atoms with van der Waals surface area (Å²) >= 11 is 0.